The molecule has 2 rings (SSSR count). The Morgan fingerprint density at radius 3 is 2.32 bits per heavy atom. The van der Waals surface area contributed by atoms with E-state index < -0.39 is 29.9 Å². The largest absolute Gasteiger partial charge is 0.459 e. The summed E-state index contributed by atoms with van der Waals surface area (Å²) in [6, 6.07) is 6.39. The van der Waals surface area contributed by atoms with Crippen LogP contribution >= 0.6 is 0 Å². The molecule has 0 spiro atoms. The maximum absolute atomic E-state index is 11.8. The van der Waals surface area contributed by atoms with Crippen LogP contribution in [0.1, 0.15) is 18.7 Å². The fourth-order valence-electron chi connectivity index (χ4n) is 1.94. The monoisotopic (exact) mass is 304 g/mol. The Hall–Kier alpha value is -3.03. The van der Waals surface area contributed by atoms with E-state index in [4.69, 9.17) is 15.9 Å². The van der Waals surface area contributed by atoms with Crippen molar-refractivity contribution < 1.29 is 18.8 Å². The normalized spacial score (nSPS) is 12.1. The fourth-order valence-corrected chi connectivity index (χ4v) is 1.94. The first-order valence-corrected chi connectivity index (χ1v) is 6.52. The van der Waals surface area contributed by atoms with Gasteiger partial charge in [-0.05, 0) is 19.1 Å². The Bertz CT molecular complexity index is 677. The number of para-hydroxylation sites is 1. The van der Waals surface area contributed by atoms with Crippen LogP contribution in [-0.4, -0.2) is 23.9 Å². The lowest BCUT2D eigenvalue weighted by Crippen LogP contribution is -2.55. The summed E-state index contributed by atoms with van der Waals surface area (Å²) in [6.45, 7) is 1.70. The zero-order valence-electron chi connectivity index (χ0n) is 11.8. The first-order valence-electron chi connectivity index (χ1n) is 6.52. The fraction of sp³-hybridized carbons (Fsp3) is 0.214. The molecule has 0 radical (unpaired) electrons. The maximum Gasteiger partial charge on any atom is 0.316 e. The number of urea groups is 1. The Balaban J connectivity index is 2.04. The third-order valence-corrected chi connectivity index (χ3v) is 3.06. The number of fused-ring (bicyclic) bond motifs is 1. The Kier molecular flexibility index (Phi) is 4.31. The summed E-state index contributed by atoms with van der Waals surface area (Å²) in [5.74, 6) is -1.52. The lowest BCUT2D eigenvalue weighted by atomic mass is 10.2. The number of furan rings is 1. The average molecular weight is 304 g/mol. The highest BCUT2D eigenvalue weighted by molar-refractivity contribution is 6.05. The molecule has 1 aromatic heterocycles. The summed E-state index contributed by atoms with van der Waals surface area (Å²) < 4.78 is 5.60. The number of nitrogens with one attached hydrogen (secondary N) is 2. The molecule has 0 unspecified atom stereocenters. The van der Waals surface area contributed by atoms with Crippen LogP contribution in [0, 0.1) is 0 Å². The van der Waals surface area contributed by atoms with Crippen molar-refractivity contribution >= 4 is 28.8 Å². The van der Waals surface area contributed by atoms with Crippen molar-refractivity contribution in [3.63, 3.8) is 0 Å². The van der Waals surface area contributed by atoms with Crippen molar-refractivity contribution in [1.29, 1.82) is 0 Å². The van der Waals surface area contributed by atoms with Gasteiger partial charge in [0, 0.05) is 5.39 Å². The maximum atomic E-state index is 11.8. The van der Waals surface area contributed by atoms with Gasteiger partial charge in [-0.25, -0.2) is 4.79 Å². The second-order valence-electron chi connectivity index (χ2n) is 4.76. The number of rotatable bonds is 5. The van der Waals surface area contributed by atoms with Crippen LogP contribution in [0.2, 0.25) is 0 Å². The van der Waals surface area contributed by atoms with E-state index in [1.165, 1.54) is 0 Å². The Morgan fingerprint density at radius 2 is 1.73 bits per heavy atom. The summed E-state index contributed by atoms with van der Waals surface area (Å²) in [4.78, 5) is 33.8. The van der Waals surface area contributed by atoms with E-state index in [2.05, 4.69) is 10.6 Å². The minimum absolute atomic E-state index is 0.478. The molecule has 0 bridgehead atoms. The molecule has 0 aliphatic heterocycles. The summed E-state index contributed by atoms with van der Waals surface area (Å²) in [5.41, 5.74) is 10.6. The smallest absolute Gasteiger partial charge is 0.316 e. The van der Waals surface area contributed by atoms with Gasteiger partial charge >= 0.3 is 6.03 Å². The van der Waals surface area contributed by atoms with Crippen molar-refractivity contribution in [1.82, 2.24) is 10.6 Å². The molecule has 0 saturated heterocycles. The van der Waals surface area contributed by atoms with Gasteiger partial charge in [0.05, 0.1) is 6.04 Å². The zero-order chi connectivity index (χ0) is 16.3. The Labute approximate surface area is 125 Å². The summed E-state index contributed by atoms with van der Waals surface area (Å²) in [5, 5.41) is 5.55. The van der Waals surface area contributed by atoms with Gasteiger partial charge in [0.1, 0.15) is 11.3 Å². The zero-order valence-corrected chi connectivity index (χ0v) is 11.8. The number of primary amides is 2. The molecule has 2 aromatic rings. The molecule has 8 heteroatoms. The molecule has 22 heavy (non-hydrogen) atoms. The second-order valence-corrected chi connectivity index (χ2v) is 4.76. The molecular weight excluding hydrogens is 288 g/mol. The molecule has 0 aliphatic carbocycles. The number of nitrogens with two attached hydrogens (primary N) is 2. The van der Waals surface area contributed by atoms with Crippen molar-refractivity contribution in [3.05, 3.63) is 36.1 Å². The topological polar surface area (TPSA) is 140 Å². The Morgan fingerprint density at radius 1 is 1.09 bits per heavy atom. The van der Waals surface area contributed by atoms with Crippen molar-refractivity contribution in [2.24, 2.45) is 11.5 Å². The number of amides is 4. The molecule has 8 nitrogen and oxygen atoms in total. The van der Waals surface area contributed by atoms with Gasteiger partial charge in [-0.2, -0.15) is 0 Å². The molecule has 1 heterocycles. The van der Waals surface area contributed by atoms with E-state index in [9.17, 15) is 14.4 Å². The minimum atomic E-state index is -1.57. The predicted octanol–water partition coefficient (Wildman–Crippen LogP) is 0.132. The van der Waals surface area contributed by atoms with E-state index in [0.717, 1.165) is 5.39 Å². The molecule has 6 N–H and O–H groups in total. The van der Waals surface area contributed by atoms with Gasteiger partial charge in [-0.3, -0.25) is 9.59 Å². The highest BCUT2D eigenvalue weighted by atomic mass is 16.3. The molecule has 0 fully saturated rings. The third kappa shape index (κ3) is 3.35. The van der Waals surface area contributed by atoms with Crippen LogP contribution in [0.15, 0.2) is 34.7 Å². The quantitative estimate of drug-likeness (QED) is 0.583. The van der Waals surface area contributed by atoms with Gasteiger partial charge in [0.15, 0.2) is 6.04 Å². The molecule has 4 amide bonds. The summed E-state index contributed by atoms with van der Waals surface area (Å²) in [6.07, 6.45) is 0. The molecule has 0 aliphatic rings. The van der Waals surface area contributed by atoms with Gasteiger partial charge in [0.25, 0.3) is 0 Å². The minimum Gasteiger partial charge on any atom is -0.459 e. The van der Waals surface area contributed by atoms with Crippen LogP contribution in [0.3, 0.4) is 0 Å². The van der Waals surface area contributed by atoms with Crippen molar-refractivity contribution in [2.45, 2.75) is 19.0 Å². The van der Waals surface area contributed by atoms with Crippen molar-refractivity contribution in [2.75, 3.05) is 0 Å². The van der Waals surface area contributed by atoms with Crippen LogP contribution < -0.4 is 22.1 Å². The van der Waals surface area contributed by atoms with Crippen molar-refractivity contribution in [3.8, 4) is 0 Å². The van der Waals surface area contributed by atoms with Gasteiger partial charge < -0.3 is 26.5 Å². The highest BCUT2D eigenvalue weighted by Gasteiger charge is 2.24. The van der Waals surface area contributed by atoms with Crippen LogP contribution in [-0.2, 0) is 9.59 Å². The van der Waals surface area contributed by atoms with Crippen LogP contribution in [0.25, 0.3) is 11.0 Å². The van der Waals surface area contributed by atoms with Crippen LogP contribution in [0.5, 0.6) is 0 Å². The summed E-state index contributed by atoms with van der Waals surface area (Å²) >= 11 is 0. The molecule has 1 aromatic carbocycles. The predicted molar refractivity (Wildman–Crippen MR) is 78.5 cm³/mol. The standard InChI is InChI=1S/C14H16N4O4/c1-7(10-6-8-4-2-3-5-9(8)22-10)17-14(21)18-11(12(15)19)13(16)20/h2-7,11H,1H3,(H2,15,19)(H2,16,20)(H2,17,18,21)/t7-/m0/s1. The van der Waals surface area contributed by atoms with E-state index in [1.54, 1.807) is 13.0 Å². The third-order valence-electron chi connectivity index (χ3n) is 3.06. The molecule has 116 valence electrons. The van der Waals surface area contributed by atoms with E-state index in [1.807, 2.05) is 24.3 Å². The first-order chi connectivity index (χ1) is 10.4. The number of hydrogen-bond donors (Lipinski definition) is 4. The van der Waals surface area contributed by atoms with Gasteiger partial charge in [-0.1, -0.05) is 18.2 Å². The van der Waals surface area contributed by atoms with Crippen LogP contribution in [0.4, 0.5) is 4.79 Å². The number of carbonyl (C=O) groups is 3. The van der Waals surface area contributed by atoms with Gasteiger partial charge in [-0.15, -0.1) is 0 Å². The number of carbonyl (C=O) groups excluding carboxylic acids is 3. The first kappa shape index (κ1) is 15.4. The van der Waals surface area contributed by atoms with E-state index >= 15 is 0 Å². The highest BCUT2D eigenvalue weighted by Crippen LogP contribution is 2.23. The molecule has 1 atom stereocenters. The number of benzene rings is 1. The van der Waals surface area contributed by atoms with Gasteiger partial charge in [0.2, 0.25) is 11.8 Å². The lowest BCUT2D eigenvalue weighted by molar-refractivity contribution is -0.128. The SMILES string of the molecule is C[C@H](NC(=O)NC(C(N)=O)C(N)=O)c1cc2ccccc2o1. The molecule has 0 saturated carbocycles. The number of hydrogen-bond acceptors (Lipinski definition) is 4. The van der Waals surface area contributed by atoms with E-state index in [0.29, 0.717) is 11.3 Å². The summed E-state index contributed by atoms with van der Waals surface area (Å²) in [7, 11) is 0. The second kappa shape index (κ2) is 6.17. The lowest BCUT2D eigenvalue weighted by Gasteiger charge is -2.15. The van der Waals surface area contributed by atoms with E-state index in [-0.39, 0.29) is 0 Å². The average Bonchev–Trinajstić information content (AvgIpc) is 2.88. The molecular formula is C14H16N4O4.